The number of hydrogen-bond acceptors (Lipinski definition) is 5. The Balaban J connectivity index is 1.55. The summed E-state index contributed by atoms with van der Waals surface area (Å²) in [7, 11) is 0. The number of carbonyl (C=O) groups is 1. The zero-order chi connectivity index (χ0) is 22.3. The number of aromatic hydroxyl groups is 1. The molecule has 0 aliphatic heterocycles. The maximum Gasteiger partial charge on any atom is 0.262 e. The third-order valence-electron chi connectivity index (χ3n) is 4.79. The Morgan fingerprint density at radius 2 is 1.44 bits per heavy atom. The van der Waals surface area contributed by atoms with Gasteiger partial charge in [0.1, 0.15) is 0 Å². The maximum absolute atomic E-state index is 12.9. The fourth-order valence-electron chi connectivity index (χ4n) is 3.34. The van der Waals surface area contributed by atoms with Crippen LogP contribution >= 0.6 is 11.8 Å². The van der Waals surface area contributed by atoms with E-state index in [0.29, 0.717) is 5.69 Å². The van der Waals surface area contributed by atoms with E-state index in [9.17, 15) is 14.7 Å². The van der Waals surface area contributed by atoms with Gasteiger partial charge in [-0.05, 0) is 23.3 Å². The van der Waals surface area contributed by atoms with E-state index in [-0.39, 0.29) is 28.7 Å². The molecule has 0 spiro atoms. The van der Waals surface area contributed by atoms with Crippen molar-refractivity contribution >= 4 is 17.7 Å². The number of nitrogens with zero attached hydrogens (tertiary/aromatic N) is 2. The minimum absolute atomic E-state index is 0.0267. The molecule has 0 fully saturated rings. The number of aromatic nitrogens is 2. The summed E-state index contributed by atoms with van der Waals surface area (Å²) in [5.74, 6) is -0.569. The van der Waals surface area contributed by atoms with Crippen molar-refractivity contribution in [1.29, 1.82) is 0 Å². The average molecular weight is 444 g/mol. The SMILES string of the molecule is O=C(CSc1nc(O)cc(=O)n1-c1ccccc1)NC(c1ccccc1)c1ccccc1. The van der Waals surface area contributed by atoms with E-state index < -0.39 is 5.56 Å². The Bertz CT molecular complexity index is 1210. The Kier molecular flexibility index (Phi) is 6.67. The van der Waals surface area contributed by atoms with Gasteiger partial charge in [-0.25, -0.2) is 0 Å². The lowest BCUT2D eigenvalue weighted by atomic mass is 9.99. The quantitative estimate of drug-likeness (QED) is 0.334. The number of nitrogens with one attached hydrogen (secondary N) is 1. The van der Waals surface area contributed by atoms with E-state index >= 15 is 0 Å². The molecule has 6 nitrogen and oxygen atoms in total. The van der Waals surface area contributed by atoms with Crippen LogP contribution in [0.5, 0.6) is 5.88 Å². The molecule has 2 N–H and O–H groups in total. The van der Waals surface area contributed by atoms with E-state index in [1.54, 1.807) is 24.3 Å². The van der Waals surface area contributed by atoms with Crippen LogP contribution in [0.3, 0.4) is 0 Å². The summed E-state index contributed by atoms with van der Waals surface area (Å²) in [4.78, 5) is 29.5. The van der Waals surface area contributed by atoms with Crippen molar-refractivity contribution in [3.8, 4) is 11.6 Å². The number of carbonyl (C=O) groups excluding carboxylic acids is 1. The molecule has 0 aliphatic rings. The van der Waals surface area contributed by atoms with E-state index in [1.807, 2.05) is 66.7 Å². The summed E-state index contributed by atoms with van der Waals surface area (Å²) in [5.41, 5.74) is 2.12. The number of amides is 1. The maximum atomic E-state index is 12.9. The second-order valence-electron chi connectivity index (χ2n) is 7.02. The number of para-hydroxylation sites is 1. The van der Waals surface area contributed by atoms with E-state index in [4.69, 9.17) is 0 Å². The monoisotopic (exact) mass is 443 g/mol. The van der Waals surface area contributed by atoms with Crippen molar-refractivity contribution in [3.63, 3.8) is 0 Å². The van der Waals surface area contributed by atoms with Crippen LogP contribution in [-0.4, -0.2) is 26.3 Å². The Morgan fingerprint density at radius 3 is 2.00 bits per heavy atom. The summed E-state index contributed by atoms with van der Waals surface area (Å²) in [6.07, 6.45) is 0. The van der Waals surface area contributed by atoms with E-state index in [0.717, 1.165) is 29.0 Å². The Hall–Kier alpha value is -3.84. The van der Waals surface area contributed by atoms with E-state index in [1.165, 1.54) is 4.57 Å². The van der Waals surface area contributed by atoms with E-state index in [2.05, 4.69) is 10.3 Å². The highest BCUT2D eigenvalue weighted by Crippen LogP contribution is 2.23. The van der Waals surface area contributed by atoms with Gasteiger partial charge in [-0.3, -0.25) is 14.2 Å². The molecule has 4 rings (SSSR count). The highest BCUT2D eigenvalue weighted by atomic mass is 32.2. The van der Waals surface area contributed by atoms with Crippen LogP contribution in [0.2, 0.25) is 0 Å². The molecule has 0 saturated heterocycles. The molecule has 0 unspecified atom stereocenters. The lowest BCUT2D eigenvalue weighted by Gasteiger charge is -2.20. The third kappa shape index (κ3) is 5.07. The first-order valence-corrected chi connectivity index (χ1v) is 11.0. The van der Waals surface area contributed by atoms with Crippen molar-refractivity contribution < 1.29 is 9.90 Å². The molecular weight excluding hydrogens is 422 g/mol. The number of thioether (sulfide) groups is 1. The normalized spacial score (nSPS) is 10.8. The summed E-state index contributed by atoms with van der Waals surface area (Å²) in [6, 6.07) is 29.2. The molecule has 32 heavy (non-hydrogen) atoms. The van der Waals surface area contributed by atoms with Crippen LogP contribution in [0.4, 0.5) is 0 Å². The standard InChI is InChI=1S/C25H21N3O3S/c29-21-16-23(31)28(20-14-8-3-9-15-20)25(27-21)32-17-22(30)26-24(18-10-4-1-5-11-18)19-12-6-2-7-13-19/h1-16,24,29H,17H2,(H,26,30). The second kappa shape index (κ2) is 9.98. The highest BCUT2D eigenvalue weighted by molar-refractivity contribution is 7.99. The first kappa shape index (κ1) is 21.4. The van der Waals surface area contributed by atoms with Crippen LogP contribution in [0.25, 0.3) is 5.69 Å². The van der Waals surface area contributed by atoms with Crippen molar-refractivity contribution in [1.82, 2.24) is 14.9 Å². The van der Waals surface area contributed by atoms with Gasteiger partial charge in [0.2, 0.25) is 11.8 Å². The molecule has 1 heterocycles. The lowest BCUT2D eigenvalue weighted by molar-refractivity contribution is -0.119. The Labute approximate surface area is 189 Å². The largest absolute Gasteiger partial charge is 0.493 e. The molecule has 1 aromatic heterocycles. The first-order chi connectivity index (χ1) is 15.6. The molecule has 0 bridgehead atoms. The summed E-state index contributed by atoms with van der Waals surface area (Å²) in [5, 5.41) is 13.1. The third-order valence-corrected chi connectivity index (χ3v) is 5.73. The molecule has 1 amide bonds. The molecule has 3 aromatic carbocycles. The van der Waals surface area contributed by atoms with Crippen molar-refractivity contribution in [3.05, 3.63) is 119 Å². The van der Waals surface area contributed by atoms with Crippen molar-refractivity contribution in [2.24, 2.45) is 0 Å². The average Bonchev–Trinajstić information content (AvgIpc) is 2.82. The first-order valence-electron chi connectivity index (χ1n) is 10.0. The van der Waals surface area contributed by atoms with Crippen LogP contribution in [0, 0.1) is 0 Å². The summed E-state index contributed by atoms with van der Waals surface area (Å²) in [6.45, 7) is 0. The topological polar surface area (TPSA) is 84.2 Å². The number of benzene rings is 3. The summed E-state index contributed by atoms with van der Waals surface area (Å²) >= 11 is 1.09. The number of rotatable bonds is 7. The van der Waals surface area contributed by atoms with Crippen LogP contribution in [-0.2, 0) is 4.79 Å². The van der Waals surface area contributed by atoms with Gasteiger partial charge in [-0.2, -0.15) is 4.98 Å². The Morgan fingerprint density at radius 1 is 0.906 bits per heavy atom. The van der Waals surface area contributed by atoms with Gasteiger partial charge in [-0.15, -0.1) is 0 Å². The van der Waals surface area contributed by atoms with Crippen LogP contribution in [0.15, 0.2) is 107 Å². The molecule has 4 aromatic rings. The zero-order valence-electron chi connectivity index (χ0n) is 17.1. The second-order valence-corrected chi connectivity index (χ2v) is 7.96. The molecule has 160 valence electrons. The number of hydrogen-bond donors (Lipinski definition) is 2. The fourth-order valence-corrected chi connectivity index (χ4v) is 4.17. The molecule has 0 radical (unpaired) electrons. The van der Waals surface area contributed by atoms with Gasteiger partial charge in [0.05, 0.1) is 23.5 Å². The lowest BCUT2D eigenvalue weighted by Crippen LogP contribution is -2.31. The summed E-state index contributed by atoms with van der Waals surface area (Å²) < 4.78 is 1.38. The van der Waals surface area contributed by atoms with Crippen molar-refractivity contribution in [2.75, 3.05) is 5.75 Å². The van der Waals surface area contributed by atoms with Gasteiger partial charge in [-0.1, -0.05) is 90.6 Å². The van der Waals surface area contributed by atoms with Gasteiger partial charge in [0.15, 0.2) is 5.16 Å². The van der Waals surface area contributed by atoms with Gasteiger partial charge in [0.25, 0.3) is 5.56 Å². The molecule has 0 saturated carbocycles. The van der Waals surface area contributed by atoms with Gasteiger partial charge < -0.3 is 10.4 Å². The predicted octanol–water partition coefficient (Wildman–Crippen LogP) is 3.94. The van der Waals surface area contributed by atoms with Crippen LogP contribution in [0.1, 0.15) is 17.2 Å². The molecule has 0 atom stereocenters. The predicted molar refractivity (Wildman–Crippen MR) is 125 cm³/mol. The van der Waals surface area contributed by atoms with Crippen LogP contribution < -0.4 is 10.9 Å². The highest BCUT2D eigenvalue weighted by Gasteiger charge is 2.18. The van der Waals surface area contributed by atoms with Crippen molar-refractivity contribution in [2.45, 2.75) is 11.2 Å². The molecule has 0 aliphatic carbocycles. The molecule has 7 heteroatoms. The minimum atomic E-state index is -0.418. The van der Waals surface area contributed by atoms with Gasteiger partial charge >= 0.3 is 0 Å². The zero-order valence-corrected chi connectivity index (χ0v) is 17.9. The van der Waals surface area contributed by atoms with Gasteiger partial charge in [0, 0.05) is 0 Å². The minimum Gasteiger partial charge on any atom is -0.493 e. The molecular formula is C25H21N3O3S. The fraction of sp³-hybridized carbons (Fsp3) is 0.0800. The smallest absolute Gasteiger partial charge is 0.262 e.